The van der Waals surface area contributed by atoms with Crippen LogP contribution in [0.2, 0.25) is 0 Å². The van der Waals surface area contributed by atoms with E-state index in [4.69, 9.17) is 9.47 Å². The van der Waals surface area contributed by atoms with Crippen molar-refractivity contribution >= 4 is 21.8 Å². The van der Waals surface area contributed by atoms with Gasteiger partial charge in [-0.05, 0) is 44.3 Å². The number of aromatic nitrogens is 6. The standard InChI is InChI=1S/C42H30N6O2.2Pt/c1-25-10-12-43-38(18-25)30-14-27(3)16-34(20-30)49-32-6-8-36-37-9-7-33(23-41(37)48(40(36)22-32)42-45-24-29(5)46-47-42)50-35-17-28(4)15-31(21-35)39-19-26(2)11-13-44-39;;/h6-19,24H,1-5H3;;/q-4;2*+2. The van der Waals surface area contributed by atoms with E-state index in [-0.39, 0.29) is 42.1 Å². The second kappa shape index (κ2) is 15.3. The van der Waals surface area contributed by atoms with E-state index in [0.29, 0.717) is 45.7 Å². The van der Waals surface area contributed by atoms with Crippen LogP contribution >= 0.6 is 0 Å². The molecular formula is C42H30N6O2Pt2. The fourth-order valence-corrected chi connectivity index (χ4v) is 5.93. The molecule has 0 fully saturated rings. The van der Waals surface area contributed by atoms with Crippen LogP contribution in [0.3, 0.4) is 0 Å². The van der Waals surface area contributed by atoms with E-state index in [1.54, 1.807) is 18.6 Å². The predicted molar refractivity (Wildman–Crippen MR) is 193 cm³/mol. The van der Waals surface area contributed by atoms with Crippen molar-refractivity contribution in [3.8, 4) is 51.5 Å². The van der Waals surface area contributed by atoms with Crippen molar-refractivity contribution < 1.29 is 51.6 Å². The molecule has 0 N–H and O–H groups in total. The first kappa shape index (κ1) is 36.7. The summed E-state index contributed by atoms with van der Waals surface area (Å²) < 4.78 is 14.6. The maximum atomic E-state index is 6.38. The van der Waals surface area contributed by atoms with Crippen LogP contribution in [-0.4, -0.2) is 29.7 Å². The maximum absolute atomic E-state index is 6.38. The molecule has 0 spiro atoms. The molecule has 0 saturated carbocycles. The van der Waals surface area contributed by atoms with Crippen molar-refractivity contribution in [2.75, 3.05) is 0 Å². The van der Waals surface area contributed by atoms with Gasteiger partial charge in [0.2, 0.25) is 0 Å². The summed E-state index contributed by atoms with van der Waals surface area (Å²) in [6, 6.07) is 37.5. The SMILES string of the molecule is Cc1cc(Oc2[c-]c3c(cc2)c2ccc(Oc4[c-]c(-c5cc(C)ccn5)cc(C)c4)[c-]c2n3-c2ncc(C)nn2)[c-]c(-c2cc(C)ccn2)c1.[Pt+2].[Pt+2]. The topological polar surface area (TPSA) is 87.8 Å². The third kappa shape index (κ3) is 7.60. The molecule has 52 heavy (non-hydrogen) atoms. The Kier molecular flexibility index (Phi) is 10.8. The van der Waals surface area contributed by atoms with Crippen molar-refractivity contribution in [2.45, 2.75) is 34.6 Å². The molecule has 0 radical (unpaired) electrons. The minimum absolute atomic E-state index is 0. The summed E-state index contributed by atoms with van der Waals surface area (Å²) >= 11 is 0. The Morgan fingerprint density at radius 2 is 1.00 bits per heavy atom. The Balaban J connectivity index is 0.00000232. The van der Waals surface area contributed by atoms with E-state index >= 15 is 0 Å². The molecule has 4 heterocycles. The molecule has 0 saturated heterocycles. The zero-order valence-corrected chi connectivity index (χ0v) is 33.3. The van der Waals surface area contributed by atoms with Gasteiger partial charge in [-0.25, -0.2) is 4.98 Å². The molecule has 0 aliphatic heterocycles. The minimum Gasteiger partial charge on any atom is -0.503 e. The van der Waals surface area contributed by atoms with Gasteiger partial charge < -0.3 is 24.0 Å². The number of hydrogen-bond donors (Lipinski definition) is 0. The fourth-order valence-electron chi connectivity index (χ4n) is 5.93. The molecule has 260 valence electrons. The number of aryl methyl sites for hydroxylation is 5. The van der Waals surface area contributed by atoms with E-state index in [1.165, 1.54) is 0 Å². The molecule has 8 aromatic rings. The summed E-state index contributed by atoms with van der Waals surface area (Å²) in [5.41, 5.74) is 9.81. The normalized spacial score (nSPS) is 10.9. The number of nitrogens with zero attached hydrogens (tertiary/aromatic N) is 6. The molecule has 4 aromatic carbocycles. The number of fused-ring (bicyclic) bond motifs is 3. The van der Waals surface area contributed by atoms with Crippen molar-refractivity contribution in [3.63, 3.8) is 0 Å². The minimum atomic E-state index is 0. The first-order valence-electron chi connectivity index (χ1n) is 16.1. The average molecular weight is 1040 g/mol. The molecule has 4 aromatic heterocycles. The predicted octanol–water partition coefficient (Wildman–Crippen LogP) is 9.42. The van der Waals surface area contributed by atoms with E-state index in [9.17, 15) is 0 Å². The molecule has 10 heteroatoms. The van der Waals surface area contributed by atoms with Gasteiger partial charge >= 0.3 is 42.1 Å². The molecule has 8 rings (SSSR count). The van der Waals surface area contributed by atoms with E-state index < -0.39 is 0 Å². The van der Waals surface area contributed by atoms with Crippen molar-refractivity contribution in [2.24, 2.45) is 0 Å². The van der Waals surface area contributed by atoms with Gasteiger partial charge in [0.1, 0.15) is 0 Å². The Morgan fingerprint density at radius 1 is 0.500 bits per heavy atom. The number of hydrogen-bond acceptors (Lipinski definition) is 7. The number of benzene rings is 4. The van der Waals surface area contributed by atoms with Gasteiger partial charge in [-0.2, -0.15) is 28.0 Å². The fraction of sp³-hybridized carbons (Fsp3) is 0.119. The molecule has 0 unspecified atom stereocenters. The van der Waals surface area contributed by atoms with Crippen LogP contribution in [0.1, 0.15) is 27.9 Å². The van der Waals surface area contributed by atoms with Gasteiger partial charge in [-0.1, -0.05) is 72.4 Å². The summed E-state index contributed by atoms with van der Waals surface area (Å²) in [4.78, 5) is 13.7. The van der Waals surface area contributed by atoms with Crippen LogP contribution in [0.15, 0.2) is 91.4 Å². The quantitative estimate of drug-likeness (QED) is 0.147. The van der Waals surface area contributed by atoms with E-state index in [2.05, 4.69) is 49.4 Å². The van der Waals surface area contributed by atoms with Crippen LogP contribution in [0.5, 0.6) is 23.0 Å². The van der Waals surface area contributed by atoms with Gasteiger partial charge in [0.05, 0.1) is 11.9 Å². The summed E-state index contributed by atoms with van der Waals surface area (Å²) in [5.74, 6) is 2.52. The maximum Gasteiger partial charge on any atom is 2.00 e. The Morgan fingerprint density at radius 3 is 1.44 bits per heavy atom. The van der Waals surface area contributed by atoms with Gasteiger partial charge in [0, 0.05) is 35.4 Å². The van der Waals surface area contributed by atoms with Crippen molar-refractivity contribution in [1.29, 1.82) is 0 Å². The summed E-state index contributed by atoms with van der Waals surface area (Å²) in [5, 5.41) is 10.6. The van der Waals surface area contributed by atoms with Crippen molar-refractivity contribution in [1.82, 2.24) is 29.7 Å². The molecule has 0 amide bonds. The Hall–Kier alpha value is -5.03. The zero-order valence-electron chi connectivity index (χ0n) is 28.8. The molecule has 0 aliphatic rings. The van der Waals surface area contributed by atoms with Crippen LogP contribution in [0, 0.1) is 58.9 Å². The first-order valence-corrected chi connectivity index (χ1v) is 16.1. The summed E-state index contributed by atoms with van der Waals surface area (Å²) in [7, 11) is 0. The van der Waals surface area contributed by atoms with Crippen LogP contribution < -0.4 is 9.47 Å². The second-order valence-corrected chi connectivity index (χ2v) is 12.4. The summed E-state index contributed by atoms with van der Waals surface area (Å²) in [6.07, 6.45) is 5.29. The Labute approximate surface area is 330 Å². The monoisotopic (exact) mass is 1040 g/mol. The third-order valence-electron chi connectivity index (χ3n) is 8.20. The van der Waals surface area contributed by atoms with Crippen molar-refractivity contribution in [3.05, 3.63) is 144 Å². The zero-order chi connectivity index (χ0) is 34.4. The first-order chi connectivity index (χ1) is 24.3. The molecule has 0 atom stereocenters. The Bertz CT molecular complexity index is 2410. The molecular weight excluding hydrogens is 1010 g/mol. The molecule has 8 nitrogen and oxygen atoms in total. The largest absolute Gasteiger partial charge is 2.00 e. The van der Waals surface area contributed by atoms with Crippen LogP contribution in [0.4, 0.5) is 0 Å². The number of rotatable bonds is 7. The van der Waals surface area contributed by atoms with Gasteiger partial charge in [0.15, 0.2) is 0 Å². The van der Waals surface area contributed by atoms with E-state index in [0.717, 1.165) is 55.5 Å². The van der Waals surface area contributed by atoms with Crippen LogP contribution in [-0.2, 0) is 42.1 Å². The molecule has 0 aliphatic carbocycles. The number of ether oxygens (including phenoxy) is 2. The van der Waals surface area contributed by atoms with Gasteiger partial charge in [0.25, 0.3) is 5.95 Å². The third-order valence-corrected chi connectivity index (χ3v) is 8.20. The van der Waals surface area contributed by atoms with Gasteiger partial charge in [-0.15, -0.1) is 63.8 Å². The van der Waals surface area contributed by atoms with Crippen LogP contribution in [0.25, 0.3) is 50.3 Å². The number of pyridine rings is 2. The smallest absolute Gasteiger partial charge is 0.503 e. The van der Waals surface area contributed by atoms with Gasteiger partial charge in [-0.3, -0.25) is 0 Å². The molecule has 0 bridgehead atoms. The summed E-state index contributed by atoms with van der Waals surface area (Å²) in [6.45, 7) is 9.99. The van der Waals surface area contributed by atoms with E-state index in [1.807, 2.05) is 112 Å². The second-order valence-electron chi connectivity index (χ2n) is 12.4. The average Bonchev–Trinajstić information content (AvgIpc) is 3.41.